The van der Waals surface area contributed by atoms with Crippen LogP contribution in [0.15, 0.2) is 6.08 Å². The lowest BCUT2D eigenvalue weighted by Crippen LogP contribution is -1.98. The standard InChI is InChI=1S/C7H11O2/c1-3-4-5-6-7(8)9-2/h1,3H,4-6H2,2H3. The molecule has 0 saturated heterocycles. The van der Waals surface area contributed by atoms with Crippen molar-refractivity contribution in [1.82, 2.24) is 0 Å². The van der Waals surface area contributed by atoms with Gasteiger partial charge in [-0.3, -0.25) is 4.79 Å². The molecule has 1 radical (unpaired) electrons. The monoisotopic (exact) mass is 127 g/mol. The Morgan fingerprint density at radius 1 is 1.78 bits per heavy atom. The summed E-state index contributed by atoms with van der Waals surface area (Å²) < 4.78 is 4.40. The summed E-state index contributed by atoms with van der Waals surface area (Å²) in [7, 11) is 1.38. The van der Waals surface area contributed by atoms with Crippen LogP contribution in [0.3, 0.4) is 0 Å². The molecule has 9 heavy (non-hydrogen) atoms. The third kappa shape index (κ3) is 5.07. The summed E-state index contributed by atoms with van der Waals surface area (Å²) in [4.78, 5) is 10.4. The van der Waals surface area contributed by atoms with E-state index in [2.05, 4.69) is 4.74 Å². The number of carbonyl (C=O) groups is 1. The fourth-order valence-corrected chi connectivity index (χ4v) is 0.466. The number of hydrogen-bond donors (Lipinski definition) is 0. The number of allylic oxidation sites excluding steroid dienone is 1. The van der Waals surface area contributed by atoms with Crippen molar-refractivity contribution in [3.8, 4) is 0 Å². The van der Waals surface area contributed by atoms with Crippen LogP contribution in [0.2, 0.25) is 0 Å². The number of unbranched alkanes of at least 4 members (excludes halogenated alkanes) is 1. The molecule has 0 atom stereocenters. The van der Waals surface area contributed by atoms with Gasteiger partial charge in [-0.05, 0) is 12.8 Å². The molecule has 0 heterocycles. The topological polar surface area (TPSA) is 26.3 Å². The summed E-state index contributed by atoms with van der Waals surface area (Å²) >= 11 is 0. The fraction of sp³-hybridized carbons (Fsp3) is 0.571. The maximum Gasteiger partial charge on any atom is 0.305 e. The Hall–Kier alpha value is -0.790. The Morgan fingerprint density at radius 2 is 2.44 bits per heavy atom. The lowest BCUT2D eigenvalue weighted by atomic mass is 10.2. The van der Waals surface area contributed by atoms with Crippen LogP contribution in [0, 0.1) is 6.58 Å². The SMILES string of the molecule is [CH]=CCCCC(=O)OC. The summed E-state index contributed by atoms with van der Waals surface area (Å²) in [6, 6.07) is 0. The van der Waals surface area contributed by atoms with Gasteiger partial charge in [-0.25, -0.2) is 0 Å². The number of ether oxygens (including phenoxy) is 1. The lowest BCUT2D eigenvalue weighted by molar-refractivity contribution is -0.140. The number of rotatable bonds is 4. The van der Waals surface area contributed by atoms with Gasteiger partial charge in [0.05, 0.1) is 7.11 Å². The van der Waals surface area contributed by atoms with Crippen LogP contribution in [0.25, 0.3) is 0 Å². The van der Waals surface area contributed by atoms with Crippen molar-refractivity contribution in [2.24, 2.45) is 0 Å². The first-order valence-electron chi connectivity index (χ1n) is 2.91. The molecule has 0 aliphatic carbocycles. The molecule has 0 N–H and O–H groups in total. The number of hydrogen-bond acceptors (Lipinski definition) is 2. The van der Waals surface area contributed by atoms with Gasteiger partial charge in [0.25, 0.3) is 0 Å². The molecule has 0 saturated carbocycles. The van der Waals surface area contributed by atoms with E-state index in [1.54, 1.807) is 6.08 Å². The smallest absolute Gasteiger partial charge is 0.305 e. The van der Waals surface area contributed by atoms with Crippen molar-refractivity contribution >= 4 is 5.97 Å². The summed E-state index contributed by atoms with van der Waals surface area (Å²) in [5.41, 5.74) is 0. The molecule has 2 nitrogen and oxygen atoms in total. The predicted molar refractivity (Wildman–Crippen MR) is 34.7 cm³/mol. The summed E-state index contributed by atoms with van der Waals surface area (Å²) in [5.74, 6) is -0.170. The highest BCUT2D eigenvalue weighted by Crippen LogP contribution is 1.95. The van der Waals surface area contributed by atoms with E-state index in [1.165, 1.54) is 7.11 Å². The first-order chi connectivity index (χ1) is 4.31. The zero-order chi connectivity index (χ0) is 7.11. The molecule has 0 aromatic rings. The van der Waals surface area contributed by atoms with E-state index in [0.29, 0.717) is 6.42 Å². The normalized spacial score (nSPS) is 8.56. The highest BCUT2D eigenvalue weighted by atomic mass is 16.5. The van der Waals surface area contributed by atoms with Gasteiger partial charge in [0.2, 0.25) is 0 Å². The van der Waals surface area contributed by atoms with Gasteiger partial charge in [-0.15, -0.1) is 0 Å². The van der Waals surface area contributed by atoms with Gasteiger partial charge in [0.1, 0.15) is 0 Å². The molecule has 0 aliphatic heterocycles. The maximum atomic E-state index is 10.4. The van der Waals surface area contributed by atoms with Gasteiger partial charge in [0.15, 0.2) is 0 Å². The Kier molecular flexibility index (Phi) is 4.88. The van der Waals surface area contributed by atoms with Crippen molar-refractivity contribution in [2.75, 3.05) is 7.11 Å². The molecule has 0 spiro atoms. The van der Waals surface area contributed by atoms with E-state index < -0.39 is 0 Å². The average Bonchev–Trinajstić information content (AvgIpc) is 1.89. The van der Waals surface area contributed by atoms with Crippen LogP contribution < -0.4 is 0 Å². The molecule has 2 heteroatoms. The van der Waals surface area contributed by atoms with Crippen LogP contribution in [0.4, 0.5) is 0 Å². The van der Waals surface area contributed by atoms with Crippen LogP contribution in [-0.2, 0) is 9.53 Å². The molecule has 0 aliphatic rings. The summed E-state index contributed by atoms with van der Waals surface area (Å²) in [5, 5.41) is 0. The lowest BCUT2D eigenvalue weighted by Gasteiger charge is -1.94. The summed E-state index contributed by atoms with van der Waals surface area (Å²) in [6.45, 7) is 5.08. The molecular formula is C7H11O2. The fourth-order valence-electron chi connectivity index (χ4n) is 0.466. The van der Waals surface area contributed by atoms with Crippen molar-refractivity contribution < 1.29 is 9.53 Å². The van der Waals surface area contributed by atoms with E-state index >= 15 is 0 Å². The average molecular weight is 127 g/mol. The molecule has 0 aromatic carbocycles. The number of methoxy groups -OCH3 is 1. The number of carbonyl (C=O) groups excluding carboxylic acids is 1. The molecular weight excluding hydrogens is 116 g/mol. The minimum Gasteiger partial charge on any atom is -0.469 e. The molecule has 0 unspecified atom stereocenters. The highest BCUT2D eigenvalue weighted by molar-refractivity contribution is 5.68. The Balaban J connectivity index is 3.06. The molecule has 51 valence electrons. The zero-order valence-electron chi connectivity index (χ0n) is 5.59. The Labute approximate surface area is 55.5 Å². The Morgan fingerprint density at radius 3 is 2.89 bits per heavy atom. The molecule has 0 bridgehead atoms. The van der Waals surface area contributed by atoms with E-state index in [4.69, 9.17) is 6.58 Å². The van der Waals surface area contributed by atoms with Crippen molar-refractivity contribution in [2.45, 2.75) is 19.3 Å². The first-order valence-corrected chi connectivity index (χ1v) is 2.91. The molecule has 0 amide bonds. The van der Waals surface area contributed by atoms with Gasteiger partial charge in [0, 0.05) is 6.42 Å². The number of esters is 1. The van der Waals surface area contributed by atoms with Gasteiger partial charge >= 0.3 is 5.97 Å². The quantitative estimate of drug-likeness (QED) is 0.420. The molecule has 0 rings (SSSR count). The van der Waals surface area contributed by atoms with Gasteiger partial charge in [-0.1, -0.05) is 12.7 Å². The minimum absolute atomic E-state index is 0.170. The first kappa shape index (κ1) is 8.21. The van der Waals surface area contributed by atoms with Crippen LogP contribution in [-0.4, -0.2) is 13.1 Å². The van der Waals surface area contributed by atoms with Crippen molar-refractivity contribution in [3.05, 3.63) is 12.7 Å². The Bertz CT molecular complexity index is 97.1. The second kappa shape index (κ2) is 5.35. The van der Waals surface area contributed by atoms with Crippen molar-refractivity contribution in [1.29, 1.82) is 0 Å². The second-order valence-corrected chi connectivity index (χ2v) is 1.70. The highest BCUT2D eigenvalue weighted by Gasteiger charge is 1.95. The van der Waals surface area contributed by atoms with Crippen LogP contribution in [0.1, 0.15) is 19.3 Å². The molecule has 0 fully saturated rings. The third-order valence-corrected chi connectivity index (χ3v) is 0.979. The maximum absolute atomic E-state index is 10.4. The zero-order valence-corrected chi connectivity index (χ0v) is 5.59. The second-order valence-electron chi connectivity index (χ2n) is 1.70. The van der Waals surface area contributed by atoms with E-state index in [9.17, 15) is 4.79 Å². The predicted octanol–water partition coefficient (Wildman–Crippen LogP) is 1.32. The van der Waals surface area contributed by atoms with Gasteiger partial charge < -0.3 is 4.74 Å². The van der Waals surface area contributed by atoms with E-state index in [0.717, 1.165) is 12.8 Å². The van der Waals surface area contributed by atoms with Crippen LogP contribution in [0.5, 0.6) is 0 Å². The summed E-state index contributed by atoms with van der Waals surface area (Å²) in [6.07, 6.45) is 3.56. The van der Waals surface area contributed by atoms with Gasteiger partial charge in [-0.2, -0.15) is 0 Å². The third-order valence-electron chi connectivity index (χ3n) is 0.979. The molecule has 0 aromatic heterocycles. The van der Waals surface area contributed by atoms with E-state index in [-0.39, 0.29) is 5.97 Å². The van der Waals surface area contributed by atoms with Crippen molar-refractivity contribution in [3.63, 3.8) is 0 Å². The largest absolute Gasteiger partial charge is 0.469 e. The van der Waals surface area contributed by atoms with Crippen LogP contribution >= 0.6 is 0 Å². The minimum atomic E-state index is -0.170. The van der Waals surface area contributed by atoms with E-state index in [1.807, 2.05) is 0 Å².